The van der Waals surface area contributed by atoms with Gasteiger partial charge in [-0.3, -0.25) is 0 Å². The molecule has 213 valence electrons. The van der Waals surface area contributed by atoms with Gasteiger partial charge < -0.3 is 40.3 Å². The largest absolute Gasteiger partial charge is 2.00 e. The minimum Gasteiger partial charge on any atom is -1.00 e. The molecular formula is C31H51Cl2CoN3. The zero-order valence-corrected chi connectivity index (χ0v) is 27.1. The van der Waals surface area contributed by atoms with Gasteiger partial charge in [0.2, 0.25) is 0 Å². The van der Waals surface area contributed by atoms with Crippen molar-refractivity contribution in [2.75, 3.05) is 43.9 Å². The SMILES string of the molecule is CC(C)c1cccc(C(C)C)c1NCCCN(C)CCCNc1c(C(C)C)cccc1C(C)C.[Cl-].[Cl-].[Co+2]. The van der Waals surface area contributed by atoms with E-state index in [1.165, 1.54) is 33.6 Å². The summed E-state index contributed by atoms with van der Waals surface area (Å²) < 4.78 is 0. The van der Waals surface area contributed by atoms with Crippen LogP contribution in [0.3, 0.4) is 0 Å². The third-order valence-electron chi connectivity index (χ3n) is 6.78. The number of nitrogens with one attached hydrogen (secondary N) is 2. The van der Waals surface area contributed by atoms with E-state index in [-0.39, 0.29) is 41.6 Å². The van der Waals surface area contributed by atoms with Gasteiger partial charge in [0.1, 0.15) is 0 Å². The summed E-state index contributed by atoms with van der Waals surface area (Å²) in [5.41, 5.74) is 8.48. The van der Waals surface area contributed by atoms with Crippen molar-refractivity contribution in [3.63, 3.8) is 0 Å². The van der Waals surface area contributed by atoms with Crippen LogP contribution in [0.15, 0.2) is 36.4 Å². The van der Waals surface area contributed by atoms with Crippen LogP contribution < -0.4 is 35.4 Å². The molecule has 1 radical (unpaired) electrons. The standard InChI is InChI=1S/C31H51N3.2ClH.Co/c1-22(2)26-14-10-15-27(23(3)4)30(26)32-18-12-20-34(9)21-13-19-33-31-28(24(5)6)16-11-17-29(31)25(7)8;;;/h10-11,14-17,22-25,32-33H,12-13,18-21H2,1-9H3;2*1H;/q;;;+2/p-2. The first-order valence-corrected chi connectivity index (χ1v) is 13.5. The molecule has 0 aliphatic heterocycles. The molecule has 0 heterocycles. The minimum atomic E-state index is 0. The predicted molar refractivity (Wildman–Crippen MR) is 153 cm³/mol. The number of para-hydroxylation sites is 2. The van der Waals surface area contributed by atoms with Gasteiger partial charge in [-0.05, 0) is 78.9 Å². The number of halogens is 2. The Morgan fingerprint density at radius 1 is 0.568 bits per heavy atom. The van der Waals surface area contributed by atoms with Crippen LogP contribution in [0, 0.1) is 0 Å². The Labute approximate surface area is 251 Å². The third-order valence-corrected chi connectivity index (χ3v) is 6.78. The van der Waals surface area contributed by atoms with Gasteiger partial charge in [0.05, 0.1) is 0 Å². The fourth-order valence-electron chi connectivity index (χ4n) is 4.75. The van der Waals surface area contributed by atoms with Gasteiger partial charge in [-0.25, -0.2) is 0 Å². The zero-order chi connectivity index (χ0) is 25.3. The molecule has 0 bridgehead atoms. The van der Waals surface area contributed by atoms with Crippen LogP contribution in [0.5, 0.6) is 0 Å². The van der Waals surface area contributed by atoms with E-state index in [1.807, 2.05) is 0 Å². The summed E-state index contributed by atoms with van der Waals surface area (Å²) in [6.45, 7) is 22.6. The second-order valence-electron chi connectivity index (χ2n) is 11.1. The van der Waals surface area contributed by atoms with E-state index in [0.29, 0.717) is 23.7 Å². The van der Waals surface area contributed by atoms with Gasteiger partial charge in [0.25, 0.3) is 0 Å². The maximum atomic E-state index is 3.78. The van der Waals surface area contributed by atoms with Gasteiger partial charge in [-0.2, -0.15) is 0 Å². The Hall–Kier alpha value is -0.914. The molecule has 0 unspecified atom stereocenters. The van der Waals surface area contributed by atoms with Crippen molar-refractivity contribution < 1.29 is 41.6 Å². The number of anilines is 2. The molecule has 6 heteroatoms. The van der Waals surface area contributed by atoms with Crippen molar-refractivity contribution >= 4 is 11.4 Å². The molecule has 3 nitrogen and oxygen atoms in total. The van der Waals surface area contributed by atoms with Crippen LogP contribution >= 0.6 is 0 Å². The molecule has 0 aromatic heterocycles. The maximum Gasteiger partial charge on any atom is 2.00 e. The average molecular weight is 596 g/mol. The Morgan fingerprint density at radius 2 is 0.838 bits per heavy atom. The molecule has 2 aromatic carbocycles. The van der Waals surface area contributed by atoms with Crippen molar-refractivity contribution in [3.8, 4) is 0 Å². The molecule has 0 saturated carbocycles. The van der Waals surface area contributed by atoms with E-state index in [4.69, 9.17) is 0 Å². The van der Waals surface area contributed by atoms with E-state index in [0.717, 1.165) is 39.0 Å². The number of hydrogen-bond acceptors (Lipinski definition) is 3. The second kappa shape index (κ2) is 19.2. The number of hydrogen-bond donors (Lipinski definition) is 2. The molecule has 0 atom stereocenters. The second-order valence-corrected chi connectivity index (χ2v) is 11.1. The van der Waals surface area contributed by atoms with Gasteiger partial charge in [0.15, 0.2) is 0 Å². The number of nitrogens with zero attached hydrogens (tertiary/aromatic N) is 1. The topological polar surface area (TPSA) is 27.3 Å². The summed E-state index contributed by atoms with van der Waals surface area (Å²) in [5, 5.41) is 7.57. The van der Waals surface area contributed by atoms with Crippen LogP contribution in [0.4, 0.5) is 11.4 Å². The van der Waals surface area contributed by atoms with E-state index in [1.54, 1.807) is 0 Å². The van der Waals surface area contributed by atoms with Crippen LogP contribution in [0.1, 0.15) is 114 Å². The molecule has 0 saturated heterocycles. The van der Waals surface area contributed by atoms with Gasteiger partial charge >= 0.3 is 16.8 Å². The van der Waals surface area contributed by atoms with E-state index in [9.17, 15) is 0 Å². The molecule has 0 spiro atoms. The zero-order valence-electron chi connectivity index (χ0n) is 24.6. The molecule has 0 aliphatic carbocycles. The third kappa shape index (κ3) is 11.8. The summed E-state index contributed by atoms with van der Waals surface area (Å²) in [4.78, 5) is 2.47. The Balaban J connectivity index is 0. The van der Waals surface area contributed by atoms with Gasteiger partial charge in [0, 0.05) is 24.5 Å². The van der Waals surface area contributed by atoms with Crippen LogP contribution in [-0.4, -0.2) is 38.1 Å². The molecule has 37 heavy (non-hydrogen) atoms. The quantitative estimate of drug-likeness (QED) is 0.329. The summed E-state index contributed by atoms with van der Waals surface area (Å²) >= 11 is 0. The van der Waals surface area contributed by atoms with Crippen molar-refractivity contribution in [1.29, 1.82) is 0 Å². The summed E-state index contributed by atoms with van der Waals surface area (Å²) in [6, 6.07) is 13.5. The summed E-state index contributed by atoms with van der Waals surface area (Å²) in [5.74, 6) is 2.14. The molecule has 2 rings (SSSR count). The molecular weight excluding hydrogens is 544 g/mol. The van der Waals surface area contributed by atoms with Gasteiger partial charge in [-0.15, -0.1) is 0 Å². The first-order chi connectivity index (χ1) is 16.1. The molecule has 0 aliphatic rings. The van der Waals surface area contributed by atoms with Crippen LogP contribution in [0.2, 0.25) is 0 Å². The Kier molecular flexibility index (Phi) is 19.8. The molecule has 2 N–H and O–H groups in total. The number of rotatable bonds is 14. The summed E-state index contributed by atoms with van der Waals surface area (Å²) in [7, 11) is 2.25. The first kappa shape index (κ1) is 38.2. The Bertz CT molecular complexity index is 761. The smallest absolute Gasteiger partial charge is 1.00 e. The fourth-order valence-corrected chi connectivity index (χ4v) is 4.75. The predicted octanol–water partition coefficient (Wildman–Crippen LogP) is 2.42. The van der Waals surface area contributed by atoms with E-state index < -0.39 is 0 Å². The van der Waals surface area contributed by atoms with Crippen molar-refractivity contribution in [2.24, 2.45) is 0 Å². The minimum absolute atomic E-state index is 0. The van der Waals surface area contributed by atoms with Crippen LogP contribution in [0.25, 0.3) is 0 Å². The normalized spacial score (nSPS) is 11.0. The van der Waals surface area contributed by atoms with Gasteiger partial charge in [-0.1, -0.05) is 91.8 Å². The summed E-state index contributed by atoms with van der Waals surface area (Å²) in [6.07, 6.45) is 2.31. The number of benzene rings is 2. The van der Waals surface area contributed by atoms with Crippen molar-refractivity contribution in [2.45, 2.75) is 91.9 Å². The fraction of sp³-hybridized carbons (Fsp3) is 0.613. The van der Waals surface area contributed by atoms with Crippen molar-refractivity contribution in [1.82, 2.24) is 4.90 Å². The molecule has 0 fully saturated rings. The van der Waals surface area contributed by atoms with E-state index >= 15 is 0 Å². The van der Waals surface area contributed by atoms with Crippen molar-refractivity contribution in [3.05, 3.63) is 58.7 Å². The average Bonchev–Trinajstić information content (AvgIpc) is 2.78. The van der Waals surface area contributed by atoms with E-state index in [2.05, 4.69) is 114 Å². The maximum absolute atomic E-state index is 3.78. The first-order valence-electron chi connectivity index (χ1n) is 13.5. The molecule has 0 amide bonds. The molecule has 2 aromatic rings. The monoisotopic (exact) mass is 594 g/mol. The van der Waals surface area contributed by atoms with Crippen LogP contribution in [-0.2, 0) is 16.8 Å². The Morgan fingerprint density at radius 3 is 1.08 bits per heavy atom.